The summed E-state index contributed by atoms with van der Waals surface area (Å²) in [6.45, 7) is 1.84. The Kier molecular flexibility index (Phi) is 3.42. The van der Waals surface area contributed by atoms with Crippen LogP contribution < -0.4 is 15.4 Å². The third kappa shape index (κ3) is 3.81. The summed E-state index contributed by atoms with van der Waals surface area (Å²) in [5.74, 6) is -0.201. The van der Waals surface area contributed by atoms with Gasteiger partial charge < -0.3 is 15.4 Å². The second kappa shape index (κ2) is 4.83. The lowest BCUT2D eigenvalue weighted by Gasteiger charge is -2.14. The van der Waals surface area contributed by atoms with Crippen LogP contribution in [0.5, 0.6) is 5.75 Å². The first kappa shape index (κ1) is 12.0. The van der Waals surface area contributed by atoms with Crippen LogP contribution in [0.4, 0.5) is 18.9 Å². The number of rotatable bonds is 3. The Bertz CT molecular complexity index is 358. The Morgan fingerprint density at radius 2 is 1.94 bits per heavy atom. The smallest absolute Gasteiger partial charge is 0.406 e. The molecular formula is C11H13F3N2O. The maximum Gasteiger partial charge on any atom is 0.573 e. The molecule has 1 fully saturated rings. The van der Waals surface area contributed by atoms with Crippen molar-refractivity contribution in [3.8, 4) is 5.75 Å². The van der Waals surface area contributed by atoms with E-state index in [4.69, 9.17) is 0 Å². The molecule has 1 heterocycles. The number of hydrogen-bond donors (Lipinski definition) is 2. The minimum atomic E-state index is -4.63. The standard InChI is InChI=1S/C11H13F3N2O/c12-11(13,14)17-10-3-1-8(2-4-10)16-9-5-6-15-7-9/h1-4,9,15-16H,5-7H2. The summed E-state index contributed by atoms with van der Waals surface area (Å²) in [6, 6.07) is 6.11. The second-order valence-corrected chi connectivity index (χ2v) is 3.91. The normalized spacial score (nSPS) is 20.3. The van der Waals surface area contributed by atoms with Crippen LogP contribution in [0.1, 0.15) is 6.42 Å². The van der Waals surface area contributed by atoms with Crippen LogP contribution in [0.2, 0.25) is 0 Å². The number of ether oxygens (including phenoxy) is 1. The predicted octanol–water partition coefficient (Wildman–Crippen LogP) is 2.36. The van der Waals surface area contributed by atoms with Crippen molar-refractivity contribution >= 4 is 5.69 Å². The highest BCUT2D eigenvalue weighted by Gasteiger charge is 2.30. The van der Waals surface area contributed by atoms with Crippen molar-refractivity contribution in [1.29, 1.82) is 0 Å². The highest BCUT2D eigenvalue weighted by Crippen LogP contribution is 2.24. The first-order valence-electron chi connectivity index (χ1n) is 5.36. The topological polar surface area (TPSA) is 33.3 Å². The molecule has 2 N–H and O–H groups in total. The van der Waals surface area contributed by atoms with Crippen LogP contribution >= 0.6 is 0 Å². The van der Waals surface area contributed by atoms with Gasteiger partial charge in [0.25, 0.3) is 0 Å². The molecule has 6 heteroatoms. The fourth-order valence-electron chi connectivity index (χ4n) is 1.77. The summed E-state index contributed by atoms with van der Waals surface area (Å²) >= 11 is 0. The lowest BCUT2D eigenvalue weighted by Crippen LogP contribution is -2.22. The first-order valence-corrected chi connectivity index (χ1v) is 5.36. The Morgan fingerprint density at radius 1 is 1.24 bits per heavy atom. The van der Waals surface area contributed by atoms with Gasteiger partial charge in [-0.2, -0.15) is 0 Å². The van der Waals surface area contributed by atoms with E-state index in [2.05, 4.69) is 15.4 Å². The quantitative estimate of drug-likeness (QED) is 0.859. The molecule has 1 aliphatic rings. The Balaban J connectivity index is 1.93. The summed E-state index contributed by atoms with van der Waals surface area (Å²) in [4.78, 5) is 0. The maximum atomic E-state index is 11.9. The third-order valence-electron chi connectivity index (χ3n) is 2.52. The molecular weight excluding hydrogens is 233 g/mol. The molecule has 2 rings (SSSR count). The minimum Gasteiger partial charge on any atom is -0.406 e. The number of hydrogen-bond acceptors (Lipinski definition) is 3. The van der Waals surface area contributed by atoms with E-state index in [-0.39, 0.29) is 5.75 Å². The van der Waals surface area contributed by atoms with E-state index >= 15 is 0 Å². The molecule has 0 saturated carbocycles. The van der Waals surface area contributed by atoms with Crippen molar-refractivity contribution in [3.63, 3.8) is 0 Å². The molecule has 0 radical (unpaired) electrons. The van der Waals surface area contributed by atoms with Gasteiger partial charge in [-0.15, -0.1) is 13.2 Å². The maximum absolute atomic E-state index is 11.9. The molecule has 94 valence electrons. The zero-order valence-electron chi connectivity index (χ0n) is 9.05. The van der Waals surface area contributed by atoms with Gasteiger partial charge >= 0.3 is 6.36 Å². The van der Waals surface area contributed by atoms with Gasteiger partial charge in [0.05, 0.1) is 0 Å². The SMILES string of the molecule is FC(F)(F)Oc1ccc(NC2CCNC2)cc1. The zero-order chi connectivity index (χ0) is 12.3. The van der Waals surface area contributed by atoms with E-state index in [1.165, 1.54) is 12.1 Å². The van der Waals surface area contributed by atoms with Gasteiger partial charge in [0.15, 0.2) is 0 Å². The van der Waals surface area contributed by atoms with Gasteiger partial charge in [-0.3, -0.25) is 0 Å². The zero-order valence-corrected chi connectivity index (χ0v) is 9.05. The van der Waals surface area contributed by atoms with E-state index in [9.17, 15) is 13.2 Å². The molecule has 3 nitrogen and oxygen atoms in total. The molecule has 0 bridgehead atoms. The summed E-state index contributed by atoms with van der Waals surface area (Å²) in [6.07, 6.45) is -3.62. The molecule has 1 aliphatic heterocycles. The average Bonchev–Trinajstić information content (AvgIpc) is 2.71. The Hall–Kier alpha value is -1.43. The third-order valence-corrected chi connectivity index (χ3v) is 2.52. The molecule has 0 amide bonds. The van der Waals surface area contributed by atoms with Crippen LogP contribution in [0, 0.1) is 0 Å². The number of halogens is 3. The van der Waals surface area contributed by atoms with Crippen molar-refractivity contribution in [2.24, 2.45) is 0 Å². The van der Waals surface area contributed by atoms with Crippen LogP contribution in [-0.4, -0.2) is 25.5 Å². The average molecular weight is 246 g/mol. The molecule has 0 aliphatic carbocycles. The van der Waals surface area contributed by atoms with Crippen LogP contribution in [0.15, 0.2) is 24.3 Å². The van der Waals surface area contributed by atoms with Crippen LogP contribution in [0.3, 0.4) is 0 Å². The van der Waals surface area contributed by atoms with Crippen molar-refractivity contribution in [3.05, 3.63) is 24.3 Å². The highest BCUT2D eigenvalue weighted by atomic mass is 19.4. The van der Waals surface area contributed by atoms with Gasteiger partial charge in [-0.25, -0.2) is 0 Å². The summed E-state index contributed by atoms with van der Waals surface area (Å²) in [5.41, 5.74) is 0.799. The highest BCUT2D eigenvalue weighted by molar-refractivity contribution is 5.47. The fraction of sp³-hybridized carbons (Fsp3) is 0.455. The van der Waals surface area contributed by atoms with Gasteiger partial charge in [0.1, 0.15) is 5.75 Å². The molecule has 1 atom stereocenters. The lowest BCUT2D eigenvalue weighted by atomic mass is 10.2. The minimum absolute atomic E-state index is 0.201. The van der Waals surface area contributed by atoms with Gasteiger partial charge in [0.2, 0.25) is 0 Å². The first-order chi connectivity index (χ1) is 8.03. The van der Waals surface area contributed by atoms with Crippen LogP contribution in [-0.2, 0) is 0 Å². The molecule has 0 aromatic heterocycles. The summed E-state index contributed by atoms with van der Waals surface area (Å²) in [7, 11) is 0. The summed E-state index contributed by atoms with van der Waals surface area (Å²) < 4.78 is 39.6. The van der Waals surface area contributed by atoms with E-state index in [0.717, 1.165) is 25.2 Å². The Morgan fingerprint density at radius 3 is 2.47 bits per heavy atom. The molecule has 0 spiro atoms. The molecule has 1 saturated heterocycles. The van der Waals surface area contributed by atoms with E-state index in [1.807, 2.05) is 0 Å². The van der Waals surface area contributed by atoms with E-state index < -0.39 is 6.36 Å². The second-order valence-electron chi connectivity index (χ2n) is 3.91. The lowest BCUT2D eigenvalue weighted by molar-refractivity contribution is -0.274. The van der Waals surface area contributed by atoms with Crippen molar-refractivity contribution < 1.29 is 17.9 Å². The van der Waals surface area contributed by atoms with E-state index in [0.29, 0.717) is 6.04 Å². The monoisotopic (exact) mass is 246 g/mol. The largest absolute Gasteiger partial charge is 0.573 e. The molecule has 1 aromatic carbocycles. The molecule has 17 heavy (non-hydrogen) atoms. The van der Waals surface area contributed by atoms with Crippen molar-refractivity contribution in [1.82, 2.24) is 5.32 Å². The van der Waals surface area contributed by atoms with Crippen LogP contribution in [0.25, 0.3) is 0 Å². The Labute approximate surface area is 97.0 Å². The van der Waals surface area contributed by atoms with E-state index in [1.54, 1.807) is 12.1 Å². The van der Waals surface area contributed by atoms with Gasteiger partial charge in [0, 0.05) is 18.3 Å². The predicted molar refractivity (Wildman–Crippen MR) is 58.0 cm³/mol. The number of benzene rings is 1. The van der Waals surface area contributed by atoms with Gasteiger partial charge in [-0.1, -0.05) is 0 Å². The van der Waals surface area contributed by atoms with Crippen molar-refractivity contribution in [2.75, 3.05) is 18.4 Å². The number of anilines is 1. The number of nitrogens with one attached hydrogen (secondary N) is 2. The summed E-state index contributed by atoms with van der Waals surface area (Å²) in [5, 5.41) is 6.43. The number of alkyl halides is 3. The van der Waals surface area contributed by atoms with Crippen molar-refractivity contribution in [2.45, 2.75) is 18.8 Å². The fourth-order valence-corrected chi connectivity index (χ4v) is 1.77. The molecule has 1 unspecified atom stereocenters. The van der Waals surface area contributed by atoms with Gasteiger partial charge in [-0.05, 0) is 37.2 Å². The molecule has 1 aromatic rings.